The smallest absolute Gasteiger partial charge is 0.182 e. The van der Waals surface area contributed by atoms with Crippen molar-refractivity contribution in [3.63, 3.8) is 0 Å². The fraction of sp³-hybridized carbons (Fsp3) is 0.500. The van der Waals surface area contributed by atoms with Crippen molar-refractivity contribution in [1.82, 2.24) is 4.57 Å². The Morgan fingerprint density at radius 3 is 2.23 bits per heavy atom. The van der Waals surface area contributed by atoms with Crippen LogP contribution in [0.25, 0.3) is 0 Å². The molecule has 13 heavy (non-hydrogen) atoms. The summed E-state index contributed by atoms with van der Waals surface area (Å²) in [7, 11) is 0. The first kappa shape index (κ1) is 8.51. The van der Waals surface area contributed by atoms with E-state index < -0.39 is 0 Å². The zero-order valence-corrected chi connectivity index (χ0v) is 7.95. The SMILES string of the molecule is Cc1cc(=O)cc(C)n1C1CC1N. The molecule has 2 unspecified atom stereocenters. The highest BCUT2D eigenvalue weighted by molar-refractivity contribution is 5.17. The first-order chi connectivity index (χ1) is 6.09. The maximum atomic E-state index is 11.1. The predicted octanol–water partition coefficient (Wildman–Crippen LogP) is 0.737. The number of rotatable bonds is 1. The lowest BCUT2D eigenvalue weighted by atomic mass is 10.3. The minimum Gasteiger partial charge on any atom is -0.344 e. The monoisotopic (exact) mass is 178 g/mol. The second kappa shape index (κ2) is 2.70. The largest absolute Gasteiger partial charge is 0.344 e. The molecule has 70 valence electrons. The molecule has 0 saturated heterocycles. The number of nitrogens with two attached hydrogens (primary N) is 1. The van der Waals surface area contributed by atoms with Crippen molar-refractivity contribution in [2.45, 2.75) is 32.4 Å². The number of aryl methyl sites for hydroxylation is 2. The van der Waals surface area contributed by atoms with E-state index in [2.05, 4.69) is 4.57 Å². The van der Waals surface area contributed by atoms with Gasteiger partial charge in [-0.25, -0.2) is 0 Å². The topological polar surface area (TPSA) is 48.0 Å². The van der Waals surface area contributed by atoms with Gasteiger partial charge in [-0.2, -0.15) is 0 Å². The van der Waals surface area contributed by atoms with Crippen molar-refractivity contribution in [1.29, 1.82) is 0 Å². The average molecular weight is 178 g/mol. The first-order valence-corrected chi connectivity index (χ1v) is 4.55. The van der Waals surface area contributed by atoms with Gasteiger partial charge in [0.25, 0.3) is 0 Å². The van der Waals surface area contributed by atoms with E-state index in [1.165, 1.54) is 0 Å². The molecule has 1 aromatic rings. The van der Waals surface area contributed by atoms with E-state index in [0.29, 0.717) is 6.04 Å². The number of hydrogen-bond acceptors (Lipinski definition) is 2. The Kier molecular flexibility index (Phi) is 1.77. The quantitative estimate of drug-likeness (QED) is 0.689. The van der Waals surface area contributed by atoms with Crippen LogP contribution in [0, 0.1) is 13.8 Å². The number of pyridine rings is 1. The minimum absolute atomic E-state index is 0.0838. The zero-order chi connectivity index (χ0) is 9.59. The Balaban J connectivity index is 2.51. The number of aromatic nitrogens is 1. The van der Waals surface area contributed by atoms with E-state index in [1.54, 1.807) is 12.1 Å². The van der Waals surface area contributed by atoms with Crippen LogP contribution in [0.15, 0.2) is 16.9 Å². The van der Waals surface area contributed by atoms with Crippen LogP contribution in [0.1, 0.15) is 23.9 Å². The van der Waals surface area contributed by atoms with Crippen LogP contribution in [0.2, 0.25) is 0 Å². The predicted molar refractivity (Wildman–Crippen MR) is 51.8 cm³/mol. The Morgan fingerprint density at radius 2 is 1.85 bits per heavy atom. The normalized spacial score (nSPS) is 26.1. The minimum atomic E-state index is 0.0838. The van der Waals surface area contributed by atoms with Crippen LogP contribution in [-0.2, 0) is 0 Å². The van der Waals surface area contributed by atoms with Gasteiger partial charge in [0.05, 0.1) is 6.04 Å². The summed E-state index contributed by atoms with van der Waals surface area (Å²) in [4.78, 5) is 11.1. The van der Waals surface area contributed by atoms with Crippen LogP contribution >= 0.6 is 0 Å². The van der Waals surface area contributed by atoms with E-state index in [1.807, 2.05) is 13.8 Å². The molecule has 2 atom stereocenters. The van der Waals surface area contributed by atoms with E-state index in [4.69, 9.17) is 5.73 Å². The molecule has 0 radical (unpaired) electrons. The van der Waals surface area contributed by atoms with Crippen LogP contribution in [0.5, 0.6) is 0 Å². The summed E-state index contributed by atoms with van der Waals surface area (Å²) >= 11 is 0. The van der Waals surface area contributed by atoms with Crippen molar-refractivity contribution in [3.8, 4) is 0 Å². The fourth-order valence-electron chi connectivity index (χ4n) is 1.89. The molecule has 0 aromatic carbocycles. The number of nitrogens with zero attached hydrogens (tertiary/aromatic N) is 1. The lowest BCUT2D eigenvalue weighted by molar-refractivity contribution is 0.660. The molecule has 1 saturated carbocycles. The summed E-state index contributed by atoms with van der Waals surface area (Å²) in [5.74, 6) is 0. The molecular formula is C10H14N2O. The van der Waals surface area contributed by atoms with Gasteiger partial charge in [0.1, 0.15) is 0 Å². The van der Waals surface area contributed by atoms with Crippen molar-refractivity contribution < 1.29 is 0 Å². The zero-order valence-electron chi connectivity index (χ0n) is 7.95. The lowest BCUT2D eigenvalue weighted by Crippen LogP contribution is -2.15. The van der Waals surface area contributed by atoms with Crippen molar-refractivity contribution in [2.75, 3.05) is 0 Å². The third-order valence-corrected chi connectivity index (χ3v) is 2.60. The highest BCUT2D eigenvalue weighted by Gasteiger charge is 2.35. The van der Waals surface area contributed by atoms with E-state index in [-0.39, 0.29) is 11.5 Å². The molecular weight excluding hydrogens is 164 g/mol. The summed E-state index contributed by atoms with van der Waals surface area (Å²) in [6, 6.07) is 4.02. The van der Waals surface area contributed by atoms with Crippen LogP contribution < -0.4 is 11.2 Å². The summed E-state index contributed by atoms with van der Waals surface area (Å²) in [5.41, 5.74) is 7.89. The van der Waals surface area contributed by atoms with Gasteiger partial charge in [-0.1, -0.05) is 0 Å². The Hall–Kier alpha value is -1.09. The van der Waals surface area contributed by atoms with Crippen molar-refractivity contribution >= 4 is 0 Å². The molecule has 2 rings (SSSR count). The van der Waals surface area contributed by atoms with E-state index >= 15 is 0 Å². The highest BCUT2D eigenvalue weighted by atomic mass is 16.1. The van der Waals surface area contributed by atoms with Crippen LogP contribution in [0.3, 0.4) is 0 Å². The van der Waals surface area contributed by atoms with Crippen molar-refractivity contribution in [3.05, 3.63) is 33.7 Å². The molecule has 1 fully saturated rings. The molecule has 1 heterocycles. The lowest BCUT2D eigenvalue weighted by Gasteiger charge is -2.12. The molecule has 0 spiro atoms. The van der Waals surface area contributed by atoms with Gasteiger partial charge in [-0.3, -0.25) is 4.79 Å². The highest BCUT2D eigenvalue weighted by Crippen LogP contribution is 2.35. The summed E-state index contributed by atoms with van der Waals surface area (Å²) in [6.07, 6.45) is 1.03. The third-order valence-electron chi connectivity index (χ3n) is 2.60. The molecule has 1 aliphatic carbocycles. The summed E-state index contributed by atoms with van der Waals surface area (Å²) < 4.78 is 2.16. The second-order valence-corrected chi connectivity index (χ2v) is 3.81. The molecule has 0 amide bonds. The molecule has 3 nitrogen and oxygen atoms in total. The van der Waals surface area contributed by atoms with Gasteiger partial charge in [-0.15, -0.1) is 0 Å². The standard InChI is InChI=1S/C10H14N2O/c1-6-3-8(13)4-7(2)12(6)10-5-9(10)11/h3-4,9-10H,5,11H2,1-2H3. The second-order valence-electron chi connectivity index (χ2n) is 3.81. The summed E-state index contributed by atoms with van der Waals surface area (Å²) in [5, 5.41) is 0. The van der Waals surface area contributed by atoms with Gasteiger partial charge in [0.2, 0.25) is 0 Å². The van der Waals surface area contributed by atoms with E-state index in [9.17, 15) is 4.79 Å². The summed E-state index contributed by atoms with van der Waals surface area (Å²) in [6.45, 7) is 3.92. The fourth-order valence-corrected chi connectivity index (χ4v) is 1.89. The van der Waals surface area contributed by atoms with Gasteiger partial charge >= 0.3 is 0 Å². The molecule has 3 heteroatoms. The van der Waals surface area contributed by atoms with Crippen molar-refractivity contribution in [2.24, 2.45) is 5.73 Å². The van der Waals surface area contributed by atoms with Gasteiger partial charge in [0.15, 0.2) is 5.43 Å². The van der Waals surface area contributed by atoms with E-state index in [0.717, 1.165) is 17.8 Å². The molecule has 0 aliphatic heterocycles. The molecule has 1 aliphatic rings. The van der Waals surface area contributed by atoms with Gasteiger partial charge in [0, 0.05) is 29.6 Å². The maximum Gasteiger partial charge on any atom is 0.182 e. The van der Waals surface area contributed by atoms with Crippen LogP contribution in [0.4, 0.5) is 0 Å². The Morgan fingerprint density at radius 1 is 1.38 bits per heavy atom. The average Bonchev–Trinajstić information content (AvgIpc) is 2.64. The van der Waals surface area contributed by atoms with Crippen LogP contribution in [-0.4, -0.2) is 10.6 Å². The third kappa shape index (κ3) is 1.40. The van der Waals surface area contributed by atoms with Gasteiger partial charge < -0.3 is 10.3 Å². The Bertz CT molecular complexity index is 368. The Labute approximate surface area is 77.2 Å². The number of hydrogen-bond donors (Lipinski definition) is 1. The molecule has 1 aromatic heterocycles. The molecule has 0 bridgehead atoms. The first-order valence-electron chi connectivity index (χ1n) is 4.55. The van der Waals surface area contributed by atoms with Gasteiger partial charge in [-0.05, 0) is 20.3 Å². The molecule has 2 N–H and O–H groups in total. The maximum absolute atomic E-state index is 11.1.